The van der Waals surface area contributed by atoms with Crippen LogP contribution >= 0.6 is 0 Å². The zero-order valence-electron chi connectivity index (χ0n) is 12.3. The highest BCUT2D eigenvalue weighted by atomic mass is 16.5. The fourth-order valence-corrected chi connectivity index (χ4v) is 2.34. The van der Waals surface area contributed by atoms with Crippen LogP contribution in [0.5, 0.6) is 5.75 Å². The maximum absolute atomic E-state index is 12.0. The molecule has 0 heterocycles. The number of carbonyl (C=O) groups excluding carboxylic acids is 1. The van der Waals surface area contributed by atoms with E-state index < -0.39 is 6.10 Å². The summed E-state index contributed by atoms with van der Waals surface area (Å²) in [5.74, 6) is 0.715. The van der Waals surface area contributed by atoms with E-state index >= 15 is 0 Å². The number of carbonyl (C=O) groups is 1. The zero-order chi connectivity index (χ0) is 14.4. The van der Waals surface area contributed by atoms with E-state index in [0.29, 0.717) is 6.54 Å². The summed E-state index contributed by atoms with van der Waals surface area (Å²) in [7, 11) is 0. The number of rotatable bonds is 5. The van der Waals surface area contributed by atoms with Crippen LogP contribution in [0.3, 0.4) is 0 Å². The molecule has 108 valence electrons. The fourth-order valence-electron chi connectivity index (χ4n) is 2.34. The van der Waals surface area contributed by atoms with Crippen LogP contribution in [0.2, 0.25) is 0 Å². The Morgan fingerprint density at radius 3 is 2.85 bits per heavy atom. The predicted molar refractivity (Wildman–Crippen MR) is 80.8 cm³/mol. The van der Waals surface area contributed by atoms with Gasteiger partial charge in [-0.15, -0.1) is 0 Å². The molecule has 1 amide bonds. The van der Waals surface area contributed by atoms with Crippen LogP contribution < -0.4 is 10.1 Å². The molecular weight excluding hydrogens is 250 g/mol. The number of benzene rings is 1. The van der Waals surface area contributed by atoms with Gasteiger partial charge in [-0.3, -0.25) is 4.79 Å². The molecule has 1 aliphatic carbocycles. The van der Waals surface area contributed by atoms with Gasteiger partial charge in [0.05, 0.1) is 0 Å². The summed E-state index contributed by atoms with van der Waals surface area (Å²) < 4.78 is 5.72. The van der Waals surface area contributed by atoms with Crippen LogP contribution in [-0.4, -0.2) is 18.6 Å². The predicted octanol–water partition coefficient (Wildman–Crippen LogP) is 3.38. The van der Waals surface area contributed by atoms with Crippen LogP contribution in [0.4, 0.5) is 0 Å². The van der Waals surface area contributed by atoms with Gasteiger partial charge in [0.2, 0.25) is 0 Å². The van der Waals surface area contributed by atoms with Crippen molar-refractivity contribution in [3.8, 4) is 5.75 Å². The van der Waals surface area contributed by atoms with E-state index in [1.165, 1.54) is 18.4 Å². The Labute approximate surface area is 121 Å². The lowest BCUT2D eigenvalue weighted by molar-refractivity contribution is -0.127. The average molecular weight is 273 g/mol. The number of allylic oxidation sites excluding steroid dienone is 1. The van der Waals surface area contributed by atoms with E-state index in [2.05, 4.69) is 11.4 Å². The molecule has 1 aliphatic rings. The molecule has 0 spiro atoms. The van der Waals surface area contributed by atoms with Crippen molar-refractivity contribution < 1.29 is 9.53 Å². The summed E-state index contributed by atoms with van der Waals surface area (Å²) in [6, 6.07) is 7.75. The van der Waals surface area contributed by atoms with Gasteiger partial charge in [-0.1, -0.05) is 29.8 Å². The lowest BCUT2D eigenvalue weighted by atomic mass is 10.00. The lowest BCUT2D eigenvalue weighted by Crippen LogP contribution is -2.37. The molecular formula is C17H23NO2. The van der Waals surface area contributed by atoms with Crippen molar-refractivity contribution >= 4 is 5.91 Å². The molecule has 2 rings (SSSR count). The van der Waals surface area contributed by atoms with Crippen LogP contribution in [0.25, 0.3) is 0 Å². The van der Waals surface area contributed by atoms with Crippen molar-refractivity contribution in [2.45, 2.75) is 45.6 Å². The highest BCUT2D eigenvalue weighted by Crippen LogP contribution is 2.18. The van der Waals surface area contributed by atoms with Gasteiger partial charge < -0.3 is 10.1 Å². The maximum Gasteiger partial charge on any atom is 0.261 e. The topological polar surface area (TPSA) is 38.3 Å². The molecule has 1 unspecified atom stereocenters. The van der Waals surface area contributed by atoms with Crippen molar-refractivity contribution in [3.63, 3.8) is 0 Å². The smallest absolute Gasteiger partial charge is 0.261 e. The first-order valence-electron chi connectivity index (χ1n) is 7.34. The summed E-state index contributed by atoms with van der Waals surface area (Å²) in [5.41, 5.74) is 2.38. The van der Waals surface area contributed by atoms with Crippen molar-refractivity contribution in [2.24, 2.45) is 0 Å². The van der Waals surface area contributed by atoms with Crippen molar-refractivity contribution in [1.29, 1.82) is 0 Å². The van der Waals surface area contributed by atoms with E-state index in [0.717, 1.165) is 24.2 Å². The molecule has 1 atom stereocenters. The van der Waals surface area contributed by atoms with Crippen LogP contribution in [0, 0.1) is 6.92 Å². The third kappa shape index (κ3) is 4.12. The molecule has 3 heteroatoms. The Morgan fingerprint density at radius 2 is 2.15 bits per heavy atom. The monoisotopic (exact) mass is 273 g/mol. The second-order valence-corrected chi connectivity index (χ2v) is 5.35. The Hall–Kier alpha value is -1.77. The third-order valence-electron chi connectivity index (χ3n) is 3.64. The molecule has 0 fully saturated rings. The number of aryl methyl sites for hydroxylation is 1. The Balaban J connectivity index is 1.83. The lowest BCUT2D eigenvalue weighted by Gasteiger charge is -2.18. The van der Waals surface area contributed by atoms with Crippen molar-refractivity contribution in [3.05, 3.63) is 41.5 Å². The van der Waals surface area contributed by atoms with Gasteiger partial charge in [-0.2, -0.15) is 0 Å². The number of hydrogen-bond donors (Lipinski definition) is 1. The largest absolute Gasteiger partial charge is 0.481 e. The van der Waals surface area contributed by atoms with E-state index in [9.17, 15) is 4.79 Å². The van der Waals surface area contributed by atoms with Gasteiger partial charge in [0.15, 0.2) is 6.10 Å². The Kier molecular flexibility index (Phi) is 5.22. The van der Waals surface area contributed by atoms with Gasteiger partial charge in [-0.05, 0) is 51.2 Å². The highest BCUT2D eigenvalue weighted by molar-refractivity contribution is 5.81. The molecule has 0 bridgehead atoms. The Bertz CT molecular complexity index is 494. The number of hydrogen-bond acceptors (Lipinski definition) is 2. The van der Waals surface area contributed by atoms with Gasteiger partial charge in [-0.25, -0.2) is 0 Å². The third-order valence-corrected chi connectivity index (χ3v) is 3.64. The highest BCUT2D eigenvalue weighted by Gasteiger charge is 2.15. The van der Waals surface area contributed by atoms with Crippen molar-refractivity contribution in [2.75, 3.05) is 6.54 Å². The summed E-state index contributed by atoms with van der Waals surface area (Å²) in [4.78, 5) is 12.0. The summed E-state index contributed by atoms with van der Waals surface area (Å²) >= 11 is 0. The van der Waals surface area contributed by atoms with Crippen molar-refractivity contribution in [1.82, 2.24) is 5.32 Å². The van der Waals surface area contributed by atoms with E-state index in [1.807, 2.05) is 31.2 Å². The van der Waals surface area contributed by atoms with E-state index in [1.54, 1.807) is 6.92 Å². The molecule has 1 aromatic carbocycles. The molecule has 0 saturated carbocycles. The van der Waals surface area contributed by atoms with E-state index in [4.69, 9.17) is 4.74 Å². The van der Waals surface area contributed by atoms with Crippen LogP contribution in [0.15, 0.2) is 35.9 Å². The quantitative estimate of drug-likeness (QED) is 0.835. The number of amides is 1. The molecule has 20 heavy (non-hydrogen) atoms. The fraction of sp³-hybridized carbons (Fsp3) is 0.471. The average Bonchev–Trinajstić information content (AvgIpc) is 2.48. The molecule has 0 saturated heterocycles. The number of para-hydroxylation sites is 1. The van der Waals surface area contributed by atoms with Crippen LogP contribution in [0.1, 0.15) is 38.2 Å². The molecule has 3 nitrogen and oxygen atoms in total. The number of nitrogens with one attached hydrogen (secondary N) is 1. The first kappa shape index (κ1) is 14.6. The van der Waals surface area contributed by atoms with Gasteiger partial charge >= 0.3 is 0 Å². The SMILES string of the molecule is Cc1ccccc1OC(C)C(=O)NCC1=CCCCC1. The minimum atomic E-state index is -0.472. The number of ether oxygens (including phenoxy) is 1. The second-order valence-electron chi connectivity index (χ2n) is 5.35. The molecule has 1 aromatic rings. The minimum Gasteiger partial charge on any atom is -0.481 e. The molecule has 0 radical (unpaired) electrons. The normalized spacial score (nSPS) is 16.2. The summed E-state index contributed by atoms with van der Waals surface area (Å²) in [6.45, 7) is 4.42. The van der Waals surface area contributed by atoms with Gasteiger partial charge in [0, 0.05) is 6.54 Å². The van der Waals surface area contributed by atoms with E-state index in [-0.39, 0.29) is 5.91 Å². The maximum atomic E-state index is 12.0. The first-order chi connectivity index (χ1) is 9.66. The molecule has 0 aromatic heterocycles. The van der Waals surface area contributed by atoms with Gasteiger partial charge in [0.1, 0.15) is 5.75 Å². The zero-order valence-corrected chi connectivity index (χ0v) is 12.3. The second kappa shape index (κ2) is 7.13. The first-order valence-corrected chi connectivity index (χ1v) is 7.34. The summed E-state index contributed by atoms with van der Waals surface area (Å²) in [5, 5.41) is 2.96. The summed E-state index contributed by atoms with van der Waals surface area (Å²) in [6.07, 6.45) is 6.52. The van der Waals surface area contributed by atoms with Crippen LogP contribution in [-0.2, 0) is 4.79 Å². The standard InChI is InChI=1S/C17H23NO2/c1-13-8-6-7-11-16(13)20-14(2)17(19)18-12-15-9-4-3-5-10-15/h6-9,11,14H,3-5,10,12H2,1-2H3,(H,18,19). The minimum absolute atomic E-state index is 0.0558. The molecule has 1 N–H and O–H groups in total. The van der Waals surface area contributed by atoms with Gasteiger partial charge in [0.25, 0.3) is 5.91 Å². The Morgan fingerprint density at radius 1 is 1.35 bits per heavy atom. The molecule has 0 aliphatic heterocycles.